The van der Waals surface area contributed by atoms with E-state index in [4.69, 9.17) is 4.74 Å². The average Bonchev–Trinajstić information content (AvgIpc) is 2.68. The maximum atomic E-state index is 13.0. The number of fused-ring (bicyclic) bond motifs is 1. The lowest BCUT2D eigenvalue weighted by Gasteiger charge is -2.16. The molecule has 0 fully saturated rings. The van der Waals surface area contributed by atoms with E-state index in [0.29, 0.717) is 11.1 Å². The minimum Gasteiger partial charge on any atom is -0.467 e. The van der Waals surface area contributed by atoms with E-state index in [2.05, 4.69) is 10.3 Å². The van der Waals surface area contributed by atoms with Gasteiger partial charge in [0.15, 0.2) is 0 Å². The number of nitrogens with one attached hydrogen (secondary N) is 1. The molecule has 6 heteroatoms. The van der Waals surface area contributed by atoms with Crippen molar-refractivity contribution < 1.29 is 18.7 Å². The Morgan fingerprint density at radius 2 is 1.81 bits per heavy atom. The number of nitrogens with zero attached hydrogens (tertiary/aromatic N) is 1. The summed E-state index contributed by atoms with van der Waals surface area (Å²) in [5, 5.41) is 3.56. The fraction of sp³-hybridized carbons (Fsp3) is 0.150. The quantitative estimate of drug-likeness (QED) is 0.717. The highest BCUT2D eigenvalue weighted by atomic mass is 19.1. The first-order valence-corrected chi connectivity index (χ1v) is 8.06. The third-order valence-electron chi connectivity index (χ3n) is 3.98. The van der Waals surface area contributed by atoms with Crippen molar-refractivity contribution in [3.63, 3.8) is 0 Å². The van der Waals surface area contributed by atoms with Gasteiger partial charge in [-0.25, -0.2) is 14.2 Å². The molecule has 0 saturated carbocycles. The Labute approximate surface area is 149 Å². The van der Waals surface area contributed by atoms with Crippen molar-refractivity contribution in [1.82, 2.24) is 10.3 Å². The van der Waals surface area contributed by atoms with Gasteiger partial charge in [-0.15, -0.1) is 0 Å². The summed E-state index contributed by atoms with van der Waals surface area (Å²) in [6, 6.07) is 15.7. The van der Waals surface area contributed by atoms with Crippen LogP contribution in [0.2, 0.25) is 0 Å². The first-order chi connectivity index (χ1) is 12.6. The number of aromatic nitrogens is 1. The van der Waals surface area contributed by atoms with Gasteiger partial charge in [0.1, 0.15) is 17.6 Å². The first-order valence-electron chi connectivity index (χ1n) is 8.06. The van der Waals surface area contributed by atoms with E-state index in [0.717, 1.165) is 5.39 Å². The molecule has 0 aliphatic carbocycles. The summed E-state index contributed by atoms with van der Waals surface area (Å²) in [6.07, 6.45) is 0.187. The number of amides is 1. The molecule has 26 heavy (non-hydrogen) atoms. The monoisotopic (exact) mass is 352 g/mol. The van der Waals surface area contributed by atoms with Crippen LogP contribution in [-0.4, -0.2) is 30.0 Å². The number of carbonyl (C=O) groups excluding carboxylic acids is 2. The molecule has 3 aromatic rings. The Morgan fingerprint density at radius 1 is 1.08 bits per heavy atom. The minimum absolute atomic E-state index is 0.187. The Hall–Kier alpha value is -3.28. The number of esters is 1. The smallest absolute Gasteiger partial charge is 0.328 e. The number of rotatable bonds is 5. The van der Waals surface area contributed by atoms with Crippen molar-refractivity contribution in [3.05, 3.63) is 77.7 Å². The maximum Gasteiger partial charge on any atom is 0.328 e. The number of hydrogen-bond donors (Lipinski definition) is 1. The summed E-state index contributed by atoms with van der Waals surface area (Å²) < 4.78 is 17.8. The number of ether oxygens (including phenoxy) is 1. The van der Waals surface area contributed by atoms with Crippen LogP contribution in [0.1, 0.15) is 16.1 Å². The number of pyridine rings is 1. The number of methoxy groups -OCH3 is 1. The van der Waals surface area contributed by atoms with Crippen LogP contribution in [0.15, 0.2) is 60.7 Å². The molecule has 1 N–H and O–H groups in total. The number of hydrogen-bond acceptors (Lipinski definition) is 4. The highest BCUT2D eigenvalue weighted by molar-refractivity contribution is 5.97. The molecular weight excluding hydrogens is 335 g/mol. The van der Waals surface area contributed by atoms with Gasteiger partial charge in [0.2, 0.25) is 0 Å². The van der Waals surface area contributed by atoms with Gasteiger partial charge in [-0.1, -0.05) is 36.4 Å². The van der Waals surface area contributed by atoms with Gasteiger partial charge in [0.05, 0.1) is 12.6 Å². The van der Waals surface area contributed by atoms with Gasteiger partial charge in [-0.3, -0.25) is 4.79 Å². The summed E-state index contributed by atoms with van der Waals surface area (Å²) in [4.78, 5) is 28.9. The fourth-order valence-corrected chi connectivity index (χ4v) is 2.62. The lowest BCUT2D eigenvalue weighted by Crippen LogP contribution is -2.43. The molecule has 0 radical (unpaired) electrons. The molecule has 0 aliphatic heterocycles. The van der Waals surface area contributed by atoms with Crippen LogP contribution in [0.5, 0.6) is 0 Å². The molecule has 5 nitrogen and oxygen atoms in total. The molecule has 1 heterocycles. The molecule has 3 rings (SSSR count). The van der Waals surface area contributed by atoms with E-state index in [1.54, 1.807) is 24.3 Å². The highest BCUT2D eigenvalue weighted by Crippen LogP contribution is 2.12. The van der Waals surface area contributed by atoms with Gasteiger partial charge < -0.3 is 10.1 Å². The van der Waals surface area contributed by atoms with Crippen LogP contribution >= 0.6 is 0 Å². The number of carbonyl (C=O) groups is 2. The number of halogens is 1. The van der Waals surface area contributed by atoms with Gasteiger partial charge in [-0.2, -0.15) is 0 Å². The molecule has 1 amide bonds. The van der Waals surface area contributed by atoms with E-state index in [1.165, 1.54) is 19.2 Å². The number of para-hydroxylation sites is 1. The van der Waals surface area contributed by atoms with Crippen molar-refractivity contribution in [3.8, 4) is 0 Å². The Kier molecular flexibility index (Phi) is 5.22. The fourth-order valence-electron chi connectivity index (χ4n) is 2.62. The molecule has 0 aliphatic rings. The zero-order chi connectivity index (χ0) is 18.5. The summed E-state index contributed by atoms with van der Waals surface area (Å²) in [5.74, 6) is -1.43. The average molecular weight is 352 g/mol. The summed E-state index contributed by atoms with van der Waals surface area (Å²) in [6.45, 7) is 0. The minimum atomic E-state index is -0.897. The second-order valence-corrected chi connectivity index (χ2v) is 5.77. The van der Waals surface area contributed by atoms with Crippen molar-refractivity contribution in [2.45, 2.75) is 12.5 Å². The van der Waals surface area contributed by atoms with E-state index in [9.17, 15) is 14.0 Å². The maximum absolute atomic E-state index is 13.0. The van der Waals surface area contributed by atoms with E-state index >= 15 is 0 Å². The lowest BCUT2D eigenvalue weighted by atomic mass is 10.1. The molecule has 0 bridgehead atoms. The lowest BCUT2D eigenvalue weighted by molar-refractivity contribution is -0.142. The molecular formula is C20H17FN2O3. The van der Waals surface area contributed by atoms with Crippen LogP contribution in [0.25, 0.3) is 10.9 Å². The molecule has 0 saturated heterocycles. The van der Waals surface area contributed by atoms with E-state index in [-0.39, 0.29) is 17.9 Å². The van der Waals surface area contributed by atoms with E-state index in [1.807, 2.05) is 24.3 Å². The normalized spacial score (nSPS) is 11.8. The third-order valence-corrected chi connectivity index (χ3v) is 3.98. The standard InChI is InChI=1S/C20H17FN2O3/c1-26-20(25)18(12-13-6-9-15(21)10-7-13)23-19(24)17-11-8-14-4-2-3-5-16(14)22-17/h2-11,18H,12H2,1H3,(H,23,24)/t18-/m0/s1. The third kappa shape index (κ3) is 4.03. The molecule has 2 aromatic carbocycles. The van der Waals surface area contributed by atoms with Gasteiger partial charge in [0, 0.05) is 11.8 Å². The zero-order valence-corrected chi connectivity index (χ0v) is 14.1. The van der Waals surface area contributed by atoms with Crippen LogP contribution in [-0.2, 0) is 16.0 Å². The van der Waals surface area contributed by atoms with Crippen molar-refractivity contribution >= 4 is 22.8 Å². The summed E-state index contributed by atoms with van der Waals surface area (Å²) in [7, 11) is 1.25. The molecule has 132 valence electrons. The van der Waals surface area contributed by atoms with Crippen LogP contribution in [0, 0.1) is 5.82 Å². The van der Waals surface area contributed by atoms with Gasteiger partial charge >= 0.3 is 5.97 Å². The SMILES string of the molecule is COC(=O)[C@H](Cc1ccc(F)cc1)NC(=O)c1ccc2ccccc2n1. The molecule has 0 unspecified atom stereocenters. The topological polar surface area (TPSA) is 68.3 Å². The second kappa shape index (κ2) is 7.74. The van der Waals surface area contributed by atoms with Gasteiger partial charge in [0.25, 0.3) is 5.91 Å². The highest BCUT2D eigenvalue weighted by Gasteiger charge is 2.23. The number of benzene rings is 2. The summed E-state index contributed by atoms with van der Waals surface area (Å²) >= 11 is 0. The van der Waals surface area contributed by atoms with Gasteiger partial charge in [-0.05, 0) is 29.8 Å². The Bertz CT molecular complexity index is 941. The van der Waals surface area contributed by atoms with Crippen molar-refractivity contribution in [2.24, 2.45) is 0 Å². The van der Waals surface area contributed by atoms with Crippen LogP contribution in [0.4, 0.5) is 4.39 Å². The Balaban J connectivity index is 1.79. The van der Waals surface area contributed by atoms with Crippen molar-refractivity contribution in [2.75, 3.05) is 7.11 Å². The Morgan fingerprint density at radius 3 is 2.54 bits per heavy atom. The summed E-state index contributed by atoms with van der Waals surface area (Å²) in [5.41, 5.74) is 1.60. The predicted octanol–water partition coefficient (Wildman–Crippen LogP) is 2.89. The van der Waals surface area contributed by atoms with E-state index < -0.39 is 17.9 Å². The van der Waals surface area contributed by atoms with Crippen LogP contribution < -0.4 is 5.32 Å². The molecule has 1 aromatic heterocycles. The largest absolute Gasteiger partial charge is 0.467 e. The molecule has 0 spiro atoms. The molecule has 1 atom stereocenters. The first kappa shape index (κ1) is 17.5. The van der Waals surface area contributed by atoms with Crippen molar-refractivity contribution in [1.29, 1.82) is 0 Å². The second-order valence-electron chi connectivity index (χ2n) is 5.77. The predicted molar refractivity (Wildman–Crippen MR) is 95.1 cm³/mol. The van der Waals surface area contributed by atoms with Crippen LogP contribution in [0.3, 0.4) is 0 Å². The zero-order valence-electron chi connectivity index (χ0n) is 14.1.